The van der Waals surface area contributed by atoms with E-state index in [0.29, 0.717) is 24.4 Å². The van der Waals surface area contributed by atoms with Crippen molar-refractivity contribution >= 4 is 24.4 Å². The van der Waals surface area contributed by atoms with E-state index < -0.39 is 17.1 Å². The summed E-state index contributed by atoms with van der Waals surface area (Å²) < 4.78 is 11.8. The van der Waals surface area contributed by atoms with Crippen molar-refractivity contribution in [3.05, 3.63) is 53.5 Å². The van der Waals surface area contributed by atoms with Crippen molar-refractivity contribution in [2.45, 2.75) is 67.7 Å². The number of aromatic hydroxyl groups is 1. The summed E-state index contributed by atoms with van der Waals surface area (Å²) >= 11 is 0. The van der Waals surface area contributed by atoms with Crippen molar-refractivity contribution in [2.75, 3.05) is 13.1 Å². The number of amides is 1. The summed E-state index contributed by atoms with van der Waals surface area (Å²) in [6, 6.07) is 7.06. The second-order valence-electron chi connectivity index (χ2n) is 10.8. The molecule has 0 unspecified atom stereocenters. The Labute approximate surface area is 210 Å². The number of benzene rings is 1. The molecule has 5 aliphatic rings. The fraction of sp³-hybridized carbons (Fsp3) is 0.519. The molecule has 8 heteroatoms. The van der Waals surface area contributed by atoms with Crippen LogP contribution in [0.2, 0.25) is 0 Å². The van der Waals surface area contributed by atoms with Crippen LogP contribution in [0, 0.1) is 5.92 Å². The number of carbonyl (C=O) groups excluding carboxylic acids is 1. The third kappa shape index (κ3) is 3.21. The number of ether oxygens (including phenoxy) is 1. The van der Waals surface area contributed by atoms with E-state index in [2.05, 4.69) is 10.2 Å². The molecule has 2 saturated carbocycles. The highest BCUT2D eigenvalue weighted by molar-refractivity contribution is 5.91. The van der Waals surface area contributed by atoms with Crippen LogP contribution in [-0.4, -0.2) is 57.9 Å². The van der Waals surface area contributed by atoms with Crippen LogP contribution in [0.15, 0.2) is 41.0 Å². The maximum Gasteiger partial charge on any atom is 0.244 e. The molecule has 1 spiro atoms. The van der Waals surface area contributed by atoms with E-state index >= 15 is 0 Å². The maximum absolute atomic E-state index is 12.8. The van der Waals surface area contributed by atoms with Gasteiger partial charge in [-0.15, -0.1) is 12.4 Å². The first-order chi connectivity index (χ1) is 16.5. The van der Waals surface area contributed by atoms with Gasteiger partial charge in [-0.3, -0.25) is 9.69 Å². The molecule has 2 bridgehead atoms. The van der Waals surface area contributed by atoms with E-state index in [9.17, 15) is 15.0 Å². The number of rotatable bonds is 5. The molecular formula is C27H31ClN2O5. The van der Waals surface area contributed by atoms with Gasteiger partial charge in [-0.25, -0.2) is 0 Å². The number of nitrogens with zero attached hydrogens (tertiary/aromatic N) is 1. The lowest BCUT2D eigenvalue weighted by Crippen LogP contribution is -2.78. The number of phenolic OH excluding ortho intramolecular Hbond substituents is 1. The third-order valence-electron chi connectivity index (χ3n) is 9.03. The molecule has 5 atom stereocenters. The summed E-state index contributed by atoms with van der Waals surface area (Å²) in [6.07, 6.45) is 9.60. The molecule has 3 N–H and O–H groups in total. The van der Waals surface area contributed by atoms with Crippen LogP contribution in [0.4, 0.5) is 0 Å². The first-order valence-electron chi connectivity index (χ1n) is 12.5. The largest absolute Gasteiger partial charge is 0.504 e. The first kappa shape index (κ1) is 23.0. The quantitative estimate of drug-likeness (QED) is 0.548. The van der Waals surface area contributed by atoms with Gasteiger partial charge in [0.05, 0.1) is 23.3 Å². The number of halogens is 1. The molecule has 7 rings (SSSR count). The van der Waals surface area contributed by atoms with Crippen molar-refractivity contribution in [1.29, 1.82) is 0 Å². The SMILES string of the molecule is Cl.O=C(/C=C/c1ccco1)N[C@H]1CC[C@@]2(O)[C@H]3Cc4ccc(O)c5c4[C@@]2(CCN3CC2CC2)[C@H]1O5. The molecule has 1 amide bonds. The number of piperidine rings is 1. The van der Waals surface area contributed by atoms with Crippen LogP contribution in [0.25, 0.3) is 6.08 Å². The highest BCUT2D eigenvalue weighted by Crippen LogP contribution is 2.65. The number of carbonyl (C=O) groups is 1. The smallest absolute Gasteiger partial charge is 0.244 e. The fourth-order valence-corrected chi connectivity index (χ4v) is 7.40. The van der Waals surface area contributed by atoms with Gasteiger partial charge in [0.1, 0.15) is 11.9 Å². The number of hydrogen-bond donors (Lipinski definition) is 3. The topological polar surface area (TPSA) is 95.2 Å². The van der Waals surface area contributed by atoms with Crippen molar-refractivity contribution < 1.29 is 24.2 Å². The molecule has 3 fully saturated rings. The Hall–Kier alpha value is -2.48. The van der Waals surface area contributed by atoms with E-state index in [4.69, 9.17) is 9.15 Å². The minimum atomic E-state index is -0.942. The van der Waals surface area contributed by atoms with E-state index in [1.165, 1.54) is 18.9 Å². The zero-order chi connectivity index (χ0) is 23.1. The number of phenols is 1. The number of furan rings is 1. The predicted molar refractivity (Wildman–Crippen MR) is 132 cm³/mol. The Bertz CT molecular complexity index is 1180. The second kappa shape index (κ2) is 8.02. The van der Waals surface area contributed by atoms with Gasteiger partial charge in [-0.05, 0) is 80.8 Å². The van der Waals surface area contributed by atoms with Crippen LogP contribution in [0.5, 0.6) is 11.5 Å². The van der Waals surface area contributed by atoms with Crippen LogP contribution in [0.1, 0.15) is 49.0 Å². The van der Waals surface area contributed by atoms with E-state index in [1.807, 2.05) is 6.07 Å². The summed E-state index contributed by atoms with van der Waals surface area (Å²) in [4.78, 5) is 15.3. The zero-order valence-electron chi connectivity index (χ0n) is 19.5. The molecular weight excluding hydrogens is 468 g/mol. The van der Waals surface area contributed by atoms with Gasteiger partial charge in [0.25, 0.3) is 0 Å². The van der Waals surface area contributed by atoms with Crippen molar-refractivity contribution in [1.82, 2.24) is 10.2 Å². The van der Waals surface area contributed by atoms with Gasteiger partial charge < -0.3 is 24.7 Å². The average molecular weight is 499 g/mol. The highest BCUT2D eigenvalue weighted by atomic mass is 35.5. The summed E-state index contributed by atoms with van der Waals surface area (Å²) in [6.45, 7) is 1.95. The van der Waals surface area contributed by atoms with Gasteiger partial charge in [0.2, 0.25) is 5.91 Å². The fourth-order valence-electron chi connectivity index (χ4n) is 7.40. The van der Waals surface area contributed by atoms with E-state index in [1.54, 1.807) is 30.5 Å². The lowest BCUT2D eigenvalue weighted by atomic mass is 9.48. The molecule has 0 radical (unpaired) electrons. The molecule has 3 heterocycles. The zero-order valence-corrected chi connectivity index (χ0v) is 20.3. The number of aliphatic hydroxyl groups is 1. The van der Waals surface area contributed by atoms with Crippen LogP contribution < -0.4 is 10.1 Å². The monoisotopic (exact) mass is 498 g/mol. The van der Waals surface area contributed by atoms with Gasteiger partial charge in [0, 0.05) is 24.2 Å². The van der Waals surface area contributed by atoms with E-state index in [-0.39, 0.29) is 36.1 Å². The second-order valence-corrected chi connectivity index (χ2v) is 10.8. The average Bonchev–Trinajstić information content (AvgIpc) is 3.33. The Kier molecular flexibility index (Phi) is 5.26. The molecule has 186 valence electrons. The third-order valence-corrected chi connectivity index (χ3v) is 9.03. The molecule has 1 saturated heterocycles. The Morgan fingerprint density at radius 1 is 1.23 bits per heavy atom. The molecule has 2 aliphatic heterocycles. The minimum absolute atomic E-state index is 0. The Morgan fingerprint density at radius 2 is 2.09 bits per heavy atom. The summed E-state index contributed by atoms with van der Waals surface area (Å²) in [7, 11) is 0. The molecule has 35 heavy (non-hydrogen) atoms. The van der Waals surface area contributed by atoms with Crippen molar-refractivity contribution in [2.24, 2.45) is 5.92 Å². The Balaban J connectivity index is 0.00000229. The molecule has 7 nitrogen and oxygen atoms in total. The van der Waals surface area contributed by atoms with Crippen molar-refractivity contribution in [3.63, 3.8) is 0 Å². The molecule has 3 aliphatic carbocycles. The van der Waals surface area contributed by atoms with Crippen LogP contribution in [-0.2, 0) is 16.6 Å². The standard InChI is InChI=1S/C27H30N2O5.ClH/c30-20-7-5-17-14-21-27(32)10-9-19(28-22(31)8-6-18-2-1-13-33-18)25-26(27,23(17)24(20)34-25)11-12-29(21)15-16-3-4-16;/h1-2,5-8,13,16,19,21,25,30,32H,3-4,9-12,14-15H2,(H,28,31);1H/b8-6+;/t19-,21+,25-,26-,27+;/m0./s1. The van der Waals surface area contributed by atoms with Gasteiger partial charge in [-0.1, -0.05) is 6.07 Å². The molecule has 2 aromatic rings. The number of likely N-dealkylation sites (tertiary alicyclic amines) is 1. The first-order valence-corrected chi connectivity index (χ1v) is 12.5. The lowest BCUT2D eigenvalue weighted by molar-refractivity contribution is -0.192. The van der Waals surface area contributed by atoms with Gasteiger partial charge in [0.15, 0.2) is 11.5 Å². The maximum atomic E-state index is 12.8. The summed E-state index contributed by atoms with van der Waals surface area (Å²) in [5, 5.41) is 26.3. The normalized spacial score (nSPS) is 34.7. The highest BCUT2D eigenvalue weighted by Gasteiger charge is 2.73. The van der Waals surface area contributed by atoms with E-state index in [0.717, 1.165) is 43.0 Å². The molecule has 1 aromatic carbocycles. The van der Waals surface area contributed by atoms with Crippen LogP contribution >= 0.6 is 12.4 Å². The predicted octanol–water partition coefficient (Wildman–Crippen LogP) is 3.17. The Morgan fingerprint density at radius 3 is 2.86 bits per heavy atom. The summed E-state index contributed by atoms with van der Waals surface area (Å²) in [5.41, 5.74) is 0.574. The van der Waals surface area contributed by atoms with Gasteiger partial charge in [-0.2, -0.15) is 0 Å². The van der Waals surface area contributed by atoms with Gasteiger partial charge >= 0.3 is 0 Å². The minimum Gasteiger partial charge on any atom is -0.504 e. The lowest BCUT2D eigenvalue weighted by Gasteiger charge is -2.64. The van der Waals surface area contributed by atoms with Crippen LogP contribution in [0.3, 0.4) is 0 Å². The number of hydrogen-bond acceptors (Lipinski definition) is 6. The summed E-state index contributed by atoms with van der Waals surface area (Å²) in [5.74, 6) is 1.77. The number of nitrogens with one attached hydrogen (secondary N) is 1. The van der Waals surface area contributed by atoms with Crippen molar-refractivity contribution in [3.8, 4) is 11.5 Å². The molecule has 1 aromatic heterocycles.